The summed E-state index contributed by atoms with van der Waals surface area (Å²) in [6.07, 6.45) is 7.07. The number of carbonyl (C=O) groups excluding carboxylic acids is 1. The highest BCUT2D eigenvalue weighted by atomic mass is 16.2. The second kappa shape index (κ2) is 6.43. The first-order valence-corrected chi connectivity index (χ1v) is 8.84. The monoisotopic (exact) mass is 356 g/mol. The van der Waals surface area contributed by atoms with Gasteiger partial charge in [0.15, 0.2) is 0 Å². The Morgan fingerprint density at radius 3 is 2.41 bits per heavy atom. The molecular formula is C22H20N4O. The van der Waals surface area contributed by atoms with Gasteiger partial charge in [0, 0.05) is 46.7 Å². The third-order valence-electron chi connectivity index (χ3n) is 4.46. The molecule has 5 heteroatoms. The maximum Gasteiger partial charge on any atom is 0.252 e. The molecule has 1 aromatic carbocycles. The molecule has 3 heterocycles. The van der Waals surface area contributed by atoms with E-state index >= 15 is 0 Å². The van der Waals surface area contributed by atoms with E-state index in [9.17, 15) is 4.79 Å². The van der Waals surface area contributed by atoms with Gasteiger partial charge in [-0.25, -0.2) is 4.68 Å². The predicted octanol–water partition coefficient (Wildman–Crippen LogP) is 4.85. The van der Waals surface area contributed by atoms with Crippen molar-refractivity contribution in [3.63, 3.8) is 0 Å². The number of carbonyl (C=O) groups is 1. The van der Waals surface area contributed by atoms with Gasteiger partial charge in [-0.2, -0.15) is 5.10 Å². The minimum atomic E-state index is -0.529. The molecule has 0 saturated heterocycles. The molecule has 0 aliphatic rings. The van der Waals surface area contributed by atoms with E-state index in [1.807, 2.05) is 69.4 Å². The lowest BCUT2D eigenvalue weighted by molar-refractivity contribution is 0.0749. The highest BCUT2D eigenvalue weighted by Gasteiger charge is 2.26. The van der Waals surface area contributed by atoms with Gasteiger partial charge in [-0.15, -0.1) is 0 Å². The maximum atomic E-state index is 12.8. The number of benzene rings is 1. The van der Waals surface area contributed by atoms with Gasteiger partial charge in [0.1, 0.15) is 5.69 Å². The van der Waals surface area contributed by atoms with Crippen molar-refractivity contribution in [2.75, 3.05) is 0 Å². The van der Waals surface area contributed by atoms with E-state index in [0.29, 0.717) is 0 Å². The van der Waals surface area contributed by atoms with E-state index in [1.165, 1.54) is 4.68 Å². The molecule has 0 aliphatic carbocycles. The third-order valence-corrected chi connectivity index (χ3v) is 4.46. The SMILES string of the molecule is CC(C)(C)C(=O)n1cc(-c2ccnc3ccccc23)c(-c2ccncc2)n1. The van der Waals surface area contributed by atoms with Crippen LogP contribution in [0.5, 0.6) is 0 Å². The standard InChI is InChI=1S/C22H20N4O/c1-22(2,3)21(27)26-14-18(20(25-26)15-8-11-23-12-9-15)16-10-13-24-19-7-5-4-6-17(16)19/h4-14H,1-3H3. The fraction of sp³-hybridized carbons (Fsp3) is 0.182. The summed E-state index contributed by atoms with van der Waals surface area (Å²) in [5.74, 6) is -0.0533. The molecule has 0 N–H and O–H groups in total. The summed E-state index contributed by atoms with van der Waals surface area (Å²) < 4.78 is 1.46. The van der Waals surface area contributed by atoms with Gasteiger partial charge in [0.25, 0.3) is 5.91 Å². The molecule has 0 saturated carbocycles. The molecule has 4 aromatic rings. The van der Waals surface area contributed by atoms with Crippen molar-refractivity contribution in [3.05, 3.63) is 67.3 Å². The van der Waals surface area contributed by atoms with Crippen LogP contribution in [0, 0.1) is 5.41 Å². The van der Waals surface area contributed by atoms with Crippen LogP contribution < -0.4 is 0 Å². The fourth-order valence-corrected chi connectivity index (χ4v) is 3.07. The Labute approximate surface area is 157 Å². The molecule has 134 valence electrons. The normalized spacial score (nSPS) is 11.7. The first kappa shape index (κ1) is 17.1. The van der Waals surface area contributed by atoms with Crippen LogP contribution in [0.15, 0.2) is 67.3 Å². The van der Waals surface area contributed by atoms with Crippen molar-refractivity contribution < 1.29 is 4.79 Å². The third kappa shape index (κ3) is 3.12. The molecular weight excluding hydrogens is 336 g/mol. The summed E-state index contributed by atoms with van der Waals surface area (Å²) in [4.78, 5) is 21.4. The zero-order chi connectivity index (χ0) is 19.0. The summed E-state index contributed by atoms with van der Waals surface area (Å²) in [6, 6.07) is 13.8. The summed E-state index contributed by atoms with van der Waals surface area (Å²) in [5.41, 5.74) is 3.95. The van der Waals surface area contributed by atoms with E-state index in [2.05, 4.69) is 15.1 Å². The molecule has 0 bridgehead atoms. The smallest absolute Gasteiger partial charge is 0.252 e. The molecule has 0 radical (unpaired) electrons. The second-order valence-corrected chi connectivity index (χ2v) is 7.50. The van der Waals surface area contributed by atoms with Crippen LogP contribution in [0.1, 0.15) is 25.6 Å². The molecule has 0 fully saturated rings. The quantitative estimate of drug-likeness (QED) is 0.515. The molecule has 0 aliphatic heterocycles. The van der Waals surface area contributed by atoms with Crippen molar-refractivity contribution in [1.29, 1.82) is 0 Å². The van der Waals surface area contributed by atoms with Crippen molar-refractivity contribution in [1.82, 2.24) is 19.7 Å². The number of hydrogen-bond acceptors (Lipinski definition) is 4. The highest BCUT2D eigenvalue weighted by molar-refractivity contribution is 5.98. The van der Waals surface area contributed by atoms with E-state index < -0.39 is 5.41 Å². The Hall–Kier alpha value is -3.34. The zero-order valence-electron chi connectivity index (χ0n) is 15.5. The van der Waals surface area contributed by atoms with Crippen LogP contribution in [-0.2, 0) is 0 Å². The van der Waals surface area contributed by atoms with E-state index in [0.717, 1.165) is 33.3 Å². The summed E-state index contributed by atoms with van der Waals surface area (Å²) >= 11 is 0. The lowest BCUT2D eigenvalue weighted by atomic mass is 9.96. The van der Waals surface area contributed by atoms with Gasteiger partial charge < -0.3 is 0 Å². The fourth-order valence-electron chi connectivity index (χ4n) is 3.07. The van der Waals surface area contributed by atoms with Crippen LogP contribution >= 0.6 is 0 Å². The lowest BCUT2D eigenvalue weighted by Gasteiger charge is -2.15. The predicted molar refractivity (Wildman–Crippen MR) is 106 cm³/mol. The van der Waals surface area contributed by atoms with Crippen LogP contribution in [0.2, 0.25) is 0 Å². The minimum Gasteiger partial charge on any atom is -0.272 e. The topological polar surface area (TPSA) is 60.7 Å². The zero-order valence-corrected chi connectivity index (χ0v) is 15.5. The Bertz CT molecular complexity index is 1120. The molecule has 27 heavy (non-hydrogen) atoms. The minimum absolute atomic E-state index is 0.0533. The van der Waals surface area contributed by atoms with Crippen molar-refractivity contribution in [3.8, 4) is 22.4 Å². The van der Waals surface area contributed by atoms with Crippen molar-refractivity contribution >= 4 is 16.8 Å². The number of aromatic nitrogens is 4. The van der Waals surface area contributed by atoms with Crippen LogP contribution in [0.4, 0.5) is 0 Å². The largest absolute Gasteiger partial charge is 0.272 e. The number of nitrogens with zero attached hydrogens (tertiary/aromatic N) is 4. The summed E-state index contributed by atoms with van der Waals surface area (Å²) in [7, 11) is 0. The number of rotatable bonds is 2. The number of hydrogen-bond donors (Lipinski definition) is 0. The number of fused-ring (bicyclic) bond motifs is 1. The lowest BCUT2D eigenvalue weighted by Crippen LogP contribution is -2.27. The van der Waals surface area contributed by atoms with Gasteiger partial charge in [0.05, 0.1) is 5.52 Å². The Kier molecular flexibility index (Phi) is 4.07. The van der Waals surface area contributed by atoms with Gasteiger partial charge in [-0.1, -0.05) is 39.0 Å². The average Bonchev–Trinajstić information content (AvgIpc) is 3.12. The molecule has 4 rings (SSSR count). The van der Waals surface area contributed by atoms with Gasteiger partial charge in [-0.3, -0.25) is 14.8 Å². The molecule has 0 spiro atoms. The van der Waals surface area contributed by atoms with Gasteiger partial charge in [0.2, 0.25) is 0 Å². The van der Waals surface area contributed by atoms with Crippen LogP contribution in [0.3, 0.4) is 0 Å². The first-order valence-electron chi connectivity index (χ1n) is 8.84. The van der Waals surface area contributed by atoms with Crippen LogP contribution in [-0.4, -0.2) is 25.7 Å². The second-order valence-electron chi connectivity index (χ2n) is 7.50. The number of para-hydroxylation sites is 1. The van der Waals surface area contributed by atoms with E-state index in [-0.39, 0.29) is 5.91 Å². The average molecular weight is 356 g/mol. The van der Waals surface area contributed by atoms with Gasteiger partial charge >= 0.3 is 0 Å². The Morgan fingerprint density at radius 2 is 1.67 bits per heavy atom. The molecule has 5 nitrogen and oxygen atoms in total. The molecule has 0 amide bonds. The summed E-state index contributed by atoms with van der Waals surface area (Å²) in [6.45, 7) is 5.68. The highest BCUT2D eigenvalue weighted by Crippen LogP contribution is 2.35. The van der Waals surface area contributed by atoms with Crippen LogP contribution in [0.25, 0.3) is 33.3 Å². The van der Waals surface area contributed by atoms with Gasteiger partial charge in [-0.05, 0) is 29.8 Å². The summed E-state index contributed by atoms with van der Waals surface area (Å²) in [5, 5.41) is 5.67. The van der Waals surface area contributed by atoms with E-state index in [1.54, 1.807) is 18.6 Å². The Balaban J connectivity index is 1.99. The van der Waals surface area contributed by atoms with Crippen molar-refractivity contribution in [2.45, 2.75) is 20.8 Å². The molecule has 3 aromatic heterocycles. The first-order chi connectivity index (χ1) is 12.9. The molecule has 0 atom stereocenters. The Morgan fingerprint density at radius 1 is 0.926 bits per heavy atom. The molecule has 0 unspecified atom stereocenters. The van der Waals surface area contributed by atoms with Crippen molar-refractivity contribution in [2.24, 2.45) is 5.41 Å². The maximum absolute atomic E-state index is 12.8. The van der Waals surface area contributed by atoms with E-state index in [4.69, 9.17) is 0 Å². The number of pyridine rings is 2.